The number of benzene rings is 2. The van der Waals surface area contributed by atoms with Crippen molar-refractivity contribution in [3.8, 4) is 0 Å². The molecule has 150 valence electrons. The first-order valence-corrected chi connectivity index (χ1v) is 10.3. The minimum atomic E-state index is -0.754. The van der Waals surface area contributed by atoms with Crippen LogP contribution in [0.25, 0.3) is 10.8 Å². The number of fused-ring (bicyclic) bond motifs is 1. The zero-order valence-corrected chi connectivity index (χ0v) is 16.4. The van der Waals surface area contributed by atoms with E-state index >= 15 is 0 Å². The van der Waals surface area contributed by atoms with Crippen LogP contribution in [-0.2, 0) is 16.1 Å². The molecule has 2 aromatic rings. The van der Waals surface area contributed by atoms with Crippen molar-refractivity contribution in [2.45, 2.75) is 57.5 Å². The van der Waals surface area contributed by atoms with Gasteiger partial charge in [-0.2, -0.15) is 0 Å². The summed E-state index contributed by atoms with van der Waals surface area (Å²) in [5.41, 5.74) is 1.32. The number of carbonyl (C=O) groups excluding carboxylic acids is 1. The van der Waals surface area contributed by atoms with Crippen molar-refractivity contribution in [3.05, 3.63) is 48.0 Å². The zero-order chi connectivity index (χ0) is 19.8. The van der Waals surface area contributed by atoms with Gasteiger partial charge in [-0.3, -0.25) is 14.5 Å². The van der Waals surface area contributed by atoms with Gasteiger partial charge in [-0.15, -0.1) is 0 Å². The van der Waals surface area contributed by atoms with Crippen LogP contribution in [0.5, 0.6) is 0 Å². The van der Waals surface area contributed by atoms with Crippen LogP contribution in [0.1, 0.15) is 50.5 Å². The summed E-state index contributed by atoms with van der Waals surface area (Å²) in [5, 5.41) is 14.1. The molecule has 1 aliphatic rings. The fourth-order valence-corrected chi connectivity index (χ4v) is 3.62. The third-order valence-electron chi connectivity index (χ3n) is 5.33. The predicted octanol–water partition coefficient (Wildman–Crippen LogP) is 3.96. The van der Waals surface area contributed by atoms with E-state index in [1.165, 1.54) is 29.2 Å². The minimum Gasteiger partial charge on any atom is -0.481 e. The fraction of sp³-hybridized carbons (Fsp3) is 0.478. The van der Waals surface area contributed by atoms with Crippen molar-refractivity contribution in [2.75, 3.05) is 13.1 Å². The molecule has 0 heterocycles. The molecular formula is C23H30N2O3. The van der Waals surface area contributed by atoms with Crippen LogP contribution in [-0.4, -0.2) is 41.0 Å². The van der Waals surface area contributed by atoms with Crippen LogP contribution in [0.2, 0.25) is 0 Å². The lowest BCUT2D eigenvalue weighted by molar-refractivity contribution is -0.137. The van der Waals surface area contributed by atoms with E-state index in [9.17, 15) is 9.59 Å². The minimum absolute atomic E-state index is 0.0850. The maximum atomic E-state index is 12.2. The third-order valence-corrected chi connectivity index (χ3v) is 5.33. The van der Waals surface area contributed by atoms with E-state index in [0.717, 1.165) is 25.9 Å². The maximum absolute atomic E-state index is 12.2. The van der Waals surface area contributed by atoms with Gasteiger partial charge >= 0.3 is 5.97 Å². The highest BCUT2D eigenvalue weighted by Gasteiger charge is 2.29. The van der Waals surface area contributed by atoms with Crippen molar-refractivity contribution in [2.24, 2.45) is 0 Å². The monoisotopic (exact) mass is 382 g/mol. The van der Waals surface area contributed by atoms with Gasteiger partial charge in [0.1, 0.15) is 0 Å². The van der Waals surface area contributed by atoms with E-state index in [0.29, 0.717) is 25.4 Å². The molecule has 0 atom stereocenters. The van der Waals surface area contributed by atoms with Crippen LogP contribution in [0.15, 0.2) is 42.5 Å². The van der Waals surface area contributed by atoms with E-state index in [4.69, 9.17) is 5.11 Å². The van der Waals surface area contributed by atoms with Crippen molar-refractivity contribution < 1.29 is 14.7 Å². The smallest absolute Gasteiger partial charge is 0.303 e. The Balaban J connectivity index is 1.44. The molecule has 5 nitrogen and oxygen atoms in total. The molecule has 0 spiro atoms. The van der Waals surface area contributed by atoms with Gasteiger partial charge in [0.2, 0.25) is 5.91 Å². The summed E-state index contributed by atoms with van der Waals surface area (Å²) in [6, 6.07) is 15.5. The Morgan fingerprint density at radius 1 is 1.00 bits per heavy atom. The number of unbranched alkanes of at least 4 members (excludes halogenated alkanes) is 2. The Bertz CT molecular complexity index is 796. The highest BCUT2D eigenvalue weighted by Crippen LogP contribution is 2.30. The lowest BCUT2D eigenvalue weighted by Gasteiger charge is -2.22. The first-order chi connectivity index (χ1) is 13.6. The number of rotatable bonds is 12. The van der Waals surface area contributed by atoms with Gasteiger partial charge in [-0.05, 0) is 42.0 Å². The summed E-state index contributed by atoms with van der Waals surface area (Å²) in [6.07, 6.45) is 5.50. The van der Waals surface area contributed by atoms with Gasteiger partial charge < -0.3 is 10.4 Å². The molecule has 2 aromatic carbocycles. The molecular weight excluding hydrogens is 352 g/mol. The molecule has 3 rings (SSSR count). The van der Waals surface area contributed by atoms with Crippen molar-refractivity contribution in [1.82, 2.24) is 10.2 Å². The van der Waals surface area contributed by atoms with Gasteiger partial charge in [0.05, 0.1) is 0 Å². The van der Waals surface area contributed by atoms with Gasteiger partial charge in [0, 0.05) is 38.5 Å². The number of nitrogens with zero attached hydrogens (tertiary/aromatic N) is 1. The molecule has 1 fully saturated rings. The van der Waals surface area contributed by atoms with Crippen LogP contribution in [0.4, 0.5) is 0 Å². The number of hydrogen-bond acceptors (Lipinski definition) is 3. The number of amides is 1. The highest BCUT2D eigenvalue weighted by molar-refractivity contribution is 5.85. The quantitative estimate of drug-likeness (QED) is 0.545. The van der Waals surface area contributed by atoms with E-state index in [1.807, 2.05) is 0 Å². The molecule has 0 aliphatic heterocycles. The molecule has 0 bridgehead atoms. The van der Waals surface area contributed by atoms with Crippen molar-refractivity contribution in [1.29, 1.82) is 0 Å². The maximum Gasteiger partial charge on any atom is 0.303 e. The number of hydrogen-bond donors (Lipinski definition) is 2. The molecule has 0 unspecified atom stereocenters. The van der Waals surface area contributed by atoms with Crippen LogP contribution >= 0.6 is 0 Å². The van der Waals surface area contributed by atoms with Gasteiger partial charge in [-0.1, -0.05) is 48.9 Å². The summed E-state index contributed by atoms with van der Waals surface area (Å²) in [5.74, 6) is -0.669. The molecule has 0 aromatic heterocycles. The Morgan fingerprint density at radius 2 is 1.79 bits per heavy atom. The second kappa shape index (κ2) is 10.2. The van der Waals surface area contributed by atoms with E-state index in [2.05, 4.69) is 52.7 Å². The molecule has 1 saturated carbocycles. The van der Waals surface area contributed by atoms with Gasteiger partial charge in [-0.25, -0.2) is 0 Å². The zero-order valence-electron chi connectivity index (χ0n) is 16.4. The lowest BCUT2D eigenvalue weighted by atomic mass is 10.0. The molecule has 28 heavy (non-hydrogen) atoms. The number of carboxylic acids is 1. The van der Waals surface area contributed by atoms with Crippen LogP contribution in [0.3, 0.4) is 0 Å². The second-order valence-corrected chi connectivity index (χ2v) is 7.64. The largest absolute Gasteiger partial charge is 0.481 e. The van der Waals surface area contributed by atoms with Crippen LogP contribution < -0.4 is 5.32 Å². The number of carboxylic acid groups (broad SMARTS) is 1. The normalized spacial score (nSPS) is 13.8. The number of nitrogens with one attached hydrogen (secondary N) is 1. The summed E-state index contributed by atoms with van der Waals surface area (Å²) < 4.78 is 0. The van der Waals surface area contributed by atoms with Gasteiger partial charge in [0.25, 0.3) is 0 Å². The second-order valence-electron chi connectivity index (χ2n) is 7.64. The molecule has 0 radical (unpaired) electrons. The number of aliphatic carboxylic acids is 1. The third kappa shape index (κ3) is 6.34. The average molecular weight is 383 g/mol. The first-order valence-electron chi connectivity index (χ1n) is 10.3. The Morgan fingerprint density at radius 3 is 2.57 bits per heavy atom. The molecule has 2 N–H and O–H groups in total. The Labute approximate surface area is 166 Å². The van der Waals surface area contributed by atoms with Crippen molar-refractivity contribution in [3.63, 3.8) is 0 Å². The molecule has 0 saturated heterocycles. The molecule has 1 amide bonds. The number of carbonyl (C=O) groups is 2. The van der Waals surface area contributed by atoms with Crippen LogP contribution in [0, 0.1) is 0 Å². The predicted molar refractivity (Wildman–Crippen MR) is 111 cm³/mol. The van der Waals surface area contributed by atoms with E-state index in [1.54, 1.807) is 0 Å². The van der Waals surface area contributed by atoms with E-state index < -0.39 is 5.97 Å². The summed E-state index contributed by atoms with van der Waals surface area (Å²) in [4.78, 5) is 25.1. The molecule has 5 heteroatoms. The SMILES string of the molecule is O=C(O)CCCCCNC(=O)CCN(Cc1cccc2ccccc12)C1CC1. The standard InChI is InChI=1S/C23H30N2O3/c26-22(24-15-5-1-2-11-23(27)28)14-16-25(20-12-13-20)17-19-9-6-8-18-7-3-4-10-21(18)19/h3-4,6-10,20H,1-2,5,11-17H2,(H,24,26)(H,27,28). The Kier molecular flexibility index (Phi) is 7.43. The average Bonchev–Trinajstić information content (AvgIpc) is 3.53. The topological polar surface area (TPSA) is 69.6 Å². The van der Waals surface area contributed by atoms with E-state index in [-0.39, 0.29) is 12.3 Å². The summed E-state index contributed by atoms with van der Waals surface area (Å²) in [7, 11) is 0. The molecule has 1 aliphatic carbocycles. The lowest BCUT2D eigenvalue weighted by Crippen LogP contribution is -2.32. The summed E-state index contributed by atoms with van der Waals surface area (Å²) >= 11 is 0. The fourth-order valence-electron chi connectivity index (χ4n) is 3.62. The first kappa shape index (κ1) is 20.3. The van der Waals surface area contributed by atoms with Gasteiger partial charge in [0.15, 0.2) is 0 Å². The van der Waals surface area contributed by atoms with Crippen molar-refractivity contribution >= 4 is 22.6 Å². The highest BCUT2D eigenvalue weighted by atomic mass is 16.4. The summed E-state index contributed by atoms with van der Waals surface area (Å²) in [6.45, 7) is 2.29. The Hall–Kier alpha value is -2.40.